The number of fused-ring (bicyclic) bond motifs is 3. The van der Waals surface area contributed by atoms with Crippen molar-refractivity contribution >= 4 is 33.8 Å². The smallest absolute Gasteiger partial charge is 0.144 e. The summed E-state index contributed by atoms with van der Waals surface area (Å²) in [6.45, 7) is 4.32. The number of aromatic nitrogens is 1. The van der Waals surface area contributed by atoms with E-state index in [1.165, 1.54) is 0 Å². The van der Waals surface area contributed by atoms with Crippen molar-refractivity contribution in [2.45, 2.75) is 32.7 Å². The topological polar surface area (TPSA) is 57.2 Å². The molecule has 5 rings (SSSR count). The summed E-state index contributed by atoms with van der Waals surface area (Å²) in [5.74, 6) is 0.0465. The molecule has 2 heterocycles. The van der Waals surface area contributed by atoms with Crippen molar-refractivity contribution in [2.75, 3.05) is 5.32 Å². The fourth-order valence-electron chi connectivity index (χ4n) is 4.62. The van der Waals surface area contributed by atoms with Crippen LogP contribution < -0.4 is 5.32 Å². The fraction of sp³-hybridized carbons (Fsp3) is 0.304. The highest BCUT2D eigenvalue weighted by molar-refractivity contribution is 6.11. The van der Waals surface area contributed by atoms with E-state index in [2.05, 4.69) is 36.3 Å². The molecular weight excluding hydrogens is 334 g/mol. The minimum atomic E-state index is -0.232. The molecule has 1 saturated carbocycles. The van der Waals surface area contributed by atoms with Crippen LogP contribution in [0.5, 0.6) is 0 Å². The number of anilines is 1. The summed E-state index contributed by atoms with van der Waals surface area (Å²) in [4.78, 5) is 21.6. The van der Waals surface area contributed by atoms with Gasteiger partial charge in [-0.1, -0.05) is 44.2 Å². The summed E-state index contributed by atoms with van der Waals surface area (Å²) in [7, 11) is 0. The van der Waals surface area contributed by atoms with Crippen molar-refractivity contribution in [3.05, 3.63) is 60.3 Å². The Morgan fingerprint density at radius 2 is 1.81 bits per heavy atom. The molecule has 4 heteroatoms. The summed E-state index contributed by atoms with van der Waals surface area (Å²) in [6.07, 6.45) is 3.48. The maximum atomic E-state index is 13.3. The molecule has 2 unspecified atom stereocenters. The van der Waals surface area contributed by atoms with E-state index in [9.17, 15) is 4.79 Å². The molecule has 0 saturated heterocycles. The first-order chi connectivity index (χ1) is 13.0. The van der Waals surface area contributed by atoms with Crippen molar-refractivity contribution < 1.29 is 4.79 Å². The molecule has 0 amide bonds. The molecule has 27 heavy (non-hydrogen) atoms. The normalized spacial score (nSPS) is 23.8. The minimum Gasteiger partial charge on any atom is -0.375 e. The summed E-state index contributed by atoms with van der Waals surface area (Å²) in [5.41, 5.74) is 5.09. The average Bonchev–Trinajstić information content (AvgIpc) is 2.97. The Kier molecular flexibility index (Phi) is 3.51. The van der Waals surface area contributed by atoms with E-state index in [1.54, 1.807) is 0 Å². The predicted molar refractivity (Wildman–Crippen MR) is 110 cm³/mol. The van der Waals surface area contributed by atoms with Crippen molar-refractivity contribution in [3.63, 3.8) is 0 Å². The maximum absolute atomic E-state index is 13.3. The molecule has 2 atom stereocenters. The van der Waals surface area contributed by atoms with Gasteiger partial charge in [0.1, 0.15) is 5.78 Å². The Labute approximate surface area is 158 Å². The number of ketones is 1. The van der Waals surface area contributed by atoms with Crippen LogP contribution in [0, 0.1) is 11.3 Å². The Balaban J connectivity index is 1.71. The molecule has 0 radical (unpaired) electrons. The number of nitrogens with one attached hydrogen (secondary N) is 2. The minimum absolute atomic E-state index is 0.0452. The van der Waals surface area contributed by atoms with Crippen molar-refractivity contribution in [1.82, 2.24) is 4.98 Å². The van der Waals surface area contributed by atoms with Crippen molar-refractivity contribution in [3.8, 4) is 0 Å². The number of carbonyl (C=O) groups excluding carboxylic acids is 1. The predicted octanol–water partition coefficient (Wildman–Crippen LogP) is 5.41. The first kappa shape index (κ1) is 16.3. The van der Waals surface area contributed by atoms with E-state index in [0.29, 0.717) is 6.42 Å². The second kappa shape index (κ2) is 5.81. The van der Waals surface area contributed by atoms with Gasteiger partial charge in [0.25, 0.3) is 0 Å². The number of hydrogen-bond acceptors (Lipinski definition) is 3. The zero-order valence-electron chi connectivity index (χ0n) is 15.6. The van der Waals surface area contributed by atoms with E-state index in [-0.39, 0.29) is 23.2 Å². The summed E-state index contributed by atoms with van der Waals surface area (Å²) >= 11 is 0. The molecule has 4 nitrogen and oxygen atoms in total. The molecule has 1 aliphatic carbocycles. The number of Topliss-reactive ketones (excluding diaryl/α,β-unsaturated/α-hetero) is 1. The molecule has 2 aromatic carbocycles. The van der Waals surface area contributed by atoms with Crippen LogP contribution in [0.25, 0.3) is 10.9 Å². The summed E-state index contributed by atoms with van der Waals surface area (Å²) in [5, 5.41) is 4.81. The van der Waals surface area contributed by atoms with Gasteiger partial charge in [-0.25, -0.2) is 0 Å². The number of aliphatic imine (C=N–C) groups is 1. The lowest BCUT2D eigenvalue weighted by Crippen LogP contribution is -2.42. The third-order valence-corrected chi connectivity index (χ3v) is 5.79. The second-order valence-corrected chi connectivity index (χ2v) is 8.49. The lowest BCUT2D eigenvalue weighted by molar-refractivity contribution is -0.124. The standard InChI is InChI=1S/C23H23N3O/c1-23(2)11-19-21(20(27)12-23)22(26-18-10-6-5-9-17(18)25-19)15-13-24-16-8-4-3-7-14(15)16/h3-10,13,21-22,24,26H,11-12H2,1-2H3. The molecule has 1 fully saturated rings. The van der Waals surface area contributed by atoms with Gasteiger partial charge in [0.05, 0.1) is 23.3 Å². The van der Waals surface area contributed by atoms with E-state index in [4.69, 9.17) is 4.99 Å². The number of carbonyl (C=O) groups is 1. The molecule has 0 spiro atoms. The van der Waals surface area contributed by atoms with Gasteiger partial charge in [-0.2, -0.15) is 0 Å². The number of aromatic amines is 1. The van der Waals surface area contributed by atoms with Gasteiger partial charge in [0.2, 0.25) is 0 Å². The molecule has 2 aliphatic rings. The Morgan fingerprint density at radius 3 is 2.70 bits per heavy atom. The summed E-state index contributed by atoms with van der Waals surface area (Å²) in [6, 6.07) is 16.2. The molecule has 1 aromatic heterocycles. The number of para-hydroxylation sites is 3. The second-order valence-electron chi connectivity index (χ2n) is 8.49. The van der Waals surface area contributed by atoms with Crippen LogP contribution in [0.3, 0.4) is 0 Å². The van der Waals surface area contributed by atoms with Gasteiger partial charge < -0.3 is 10.3 Å². The molecule has 3 aromatic rings. The Morgan fingerprint density at radius 1 is 1.04 bits per heavy atom. The first-order valence-electron chi connectivity index (χ1n) is 9.54. The quantitative estimate of drug-likeness (QED) is 0.611. The SMILES string of the molecule is CC1(C)CC(=O)C2C(=Nc3ccccc3NC2c2c[nH]c3ccccc23)C1. The van der Waals surface area contributed by atoms with Gasteiger partial charge in [0, 0.05) is 34.8 Å². The van der Waals surface area contributed by atoms with Crippen LogP contribution in [-0.4, -0.2) is 16.5 Å². The molecular formula is C23H23N3O. The number of nitrogens with zero attached hydrogens (tertiary/aromatic N) is 1. The third kappa shape index (κ3) is 2.67. The van der Waals surface area contributed by atoms with E-state index in [0.717, 1.165) is 40.0 Å². The lowest BCUT2D eigenvalue weighted by Gasteiger charge is -2.37. The largest absolute Gasteiger partial charge is 0.375 e. The van der Waals surface area contributed by atoms with Gasteiger partial charge in [0.15, 0.2) is 0 Å². The highest BCUT2D eigenvalue weighted by Gasteiger charge is 2.44. The number of benzene rings is 2. The van der Waals surface area contributed by atoms with Crippen LogP contribution >= 0.6 is 0 Å². The Hall–Kier alpha value is -2.88. The van der Waals surface area contributed by atoms with Crippen LogP contribution in [0.2, 0.25) is 0 Å². The number of rotatable bonds is 1. The zero-order chi connectivity index (χ0) is 18.6. The van der Waals surface area contributed by atoms with Crippen molar-refractivity contribution in [2.24, 2.45) is 16.3 Å². The molecule has 1 aliphatic heterocycles. The molecule has 136 valence electrons. The van der Waals surface area contributed by atoms with Gasteiger partial charge >= 0.3 is 0 Å². The molecule has 2 N–H and O–H groups in total. The maximum Gasteiger partial charge on any atom is 0.144 e. The highest BCUT2D eigenvalue weighted by Crippen LogP contribution is 2.45. The van der Waals surface area contributed by atoms with Crippen LogP contribution in [0.1, 0.15) is 38.3 Å². The van der Waals surface area contributed by atoms with Gasteiger partial charge in [-0.3, -0.25) is 9.79 Å². The average molecular weight is 357 g/mol. The van der Waals surface area contributed by atoms with Crippen molar-refractivity contribution in [1.29, 1.82) is 0 Å². The van der Waals surface area contributed by atoms with Crippen LogP contribution in [-0.2, 0) is 4.79 Å². The first-order valence-corrected chi connectivity index (χ1v) is 9.54. The van der Waals surface area contributed by atoms with E-state index >= 15 is 0 Å². The Bertz CT molecular complexity index is 1080. The number of hydrogen-bond donors (Lipinski definition) is 2. The van der Waals surface area contributed by atoms with Crippen LogP contribution in [0.4, 0.5) is 11.4 Å². The van der Waals surface area contributed by atoms with E-state index in [1.807, 2.05) is 42.6 Å². The van der Waals surface area contributed by atoms with Gasteiger partial charge in [-0.05, 0) is 30.0 Å². The van der Waals surface area contributed by atoms with E-state index < -0.39 is 0 Å². The highest BCUT2D eigenvalue weighted by atomic mass is 16.1. The number of H-pyrrole nitrogens is 1. The monoisotopic (exact) mass is 357 g/mol. The fourth-order valence-corrected chi connectivity index (χ4v) is 4.62. The summed E-state index contributed by atoms with van der Waals surface area (Å²) < 4.78 is 0. The third-order valence-electron chi connectivity index (χ3n) is 5.79. The lowest BCUT2D eigenvalue weighted by atomic mass is 9.68. The zero-order valence-corrected chi connectivity index (χ0v) is 15.6. The van der Waals surface area contributed by atoms with Crippen LogP contribution in [0.15, 0.2) is 59.7 Å². The van der Waals surface area contributed by atoms with Gasteiger partial charge in [-0.15, -0.1) is 0 Å². The molecule has 0 bridgehead atoms.